The summed E-state index contributed by atoms with van der Waals surface area (Å²) in [6.07, 6.45) is -11.9. The molecule has 0 rings (SSSR count). The van der Waals surface area contributed by atoms with E-state index in [1.165, 1.54) is 7.11 Å². The molecule has 0 unspecified atom stereocenters. The first-order chi connectivity index (χ1) is 9.05. The van der Waals surface area contributed by atoms with Gasteiger partial charge in [0.25, 0.3) is 0 Å². The molecule has 0 aliphatic carbocycles. The van der Waals surface area contributed by atoms with Gasteiger partial charge in [-0.25, -0.2) is 0 Å². The van der Waals surface area contributed by atoms with Crippen molar-refractivity contribution in [2.75, 3.05) is 26.8 Å². The third-order valence-electron chi connectivity index (χ3n) is 2.27. The molecule has 0 saturated carbocycles. The van der Waals surface area contributed by atoms with Crippen molar-refractivity contribution in [1.29, 1.82) is 5.26 Å². The average Bonchev–Trinajstić information content (AvgIpc) is 2.25. The molecule has 1 amide bonds. The molecule has 0 atom stereocenters. The van der Waals surface area contributed by atoms with Crippen molar-refractivity contribution in [2.24, 2.45) is 5.92 Å². The van der Waals surface area contributed by atoms with E-state index in [-0.39, 0.29) is 13.0 Å². The van der Waals surface area contributed by atoms with Crippen LogP contribution in [0.4, 0.5) is 26.3 Å². The van der Waals surface area contributed by atoms with Crippen LogP contribution >= 0.6 is 0 Å². The number of amides is 1. The first kappa shape index (κ1) is 18.5. The Labute approximate surface area is 110 Å². The molecule has 10 heteroatoms. The fraction of sp³-hybridized carbons (Fsp3) is 0.800. The highest BCUT2D eigenvalue weighted by molar-refractivity contribution is 5.80. The second-order valence-electron chi connectivity index (χ2n) is 3.74. The maximum absolute atomic E-state index is 12.4. The summed E-state index contributed by atoms with van der Waals surface area (Å²) < 4.78 is 79.0. The van der Waals surface area contributed by atoms with E-state index in [9.17, 15) is 31.1 Å². The van der Waals surface area contributed by atoms with E-state index >= 15 is 0 Å². The Morgan fingerprint density at radius 3 is 2.05 bits per heavy atom. The standard InChI is InChI=1S/C10H12F6N2O2/c1-20-6-5-18(4-2-3-17)8(19)7(9(11,12)13)10(14,15)16/h7H,2,4-6H2,1H3. The normalized spacial score (nSPS) is 12.3. The van der Waals surface area contributed by atoms with Gasteiger partial charge in [-0.1, -0.05) is 0 Å². The molecule has 0 N–H and O–H groups in total. The van der Waals surface area contributed by atoms with Crippen LogP contribution in [0, 0.1) is 17.2 Å². The first-order valence-electron chi connectivity index (χ1n) is 5.33. The average molecular weight is 306 g/mol. The number of alkyl halides is 6. The first-order valence-corrected chi connectivity index (χ1v) is 5.33. The van der Waals surface area contributed by atoms with Crippen molar-refractivity contribution in [3.05, 3.63) is 0 Å². The molecular weight excluding hydrogens is 294 g/mol. The van der Waals surface area contributed by atoms with Crippen molar-refractivity contribution < 1.29 is 35.9 Å². The Balaban J connectivity index is 5.20. The summed E-state index contributed by atoms with van der Waals surface area (Å²) in [5.41, 5.74) is 0. The number of nitrogens with zero attached hydrogens (tertiary/aromatic N) is 2. The molecule has 0 bridgehead atoms. The largest absolute Gasteiger partial charge is 0.409 e. The summed E-state index contributed by atoms with van der Waals surface area (Å²) in [7, 11) is 1.18. The quantitative estimate of drug-likeness (QED) is 0.706. The van der Waals surface area contributed by atoms with Gasteiger partial charge < -0.3 is 9.64 Å². The van der Waals surface area contributed by atoms with Crippen molar-refractivity contribution in [2.45, 2.75) is 18.8 Å². The Bertz CT molecular complexity index is 346. The van der Waals surface area contributed by atoms with Gasteiger partial charge >= 0.3 is 12.4 Å². The number of methoxy groups -OCH3 is 1. The predicted molar refractivity (Wildman–Crippen MR) is 54.3 cm³/mol. The summed E-state index contributed by atoms with van der Waals surface area (Å²) in [5.74, 6) is -6.22. The van der Waals surface area contributed by atoms with Gasteiger partial charge in [0.05, 0.1) is 19.1 Å². The number of hydrogen-bond donors (Lipinski definition) is 0. The number of carbonyl (C=O) groups is 1. The smallest absolute Gasteiger partial charge is 0.383 e. The maximum atomic E-state index is 12.4. The molecule has 0 heterocycles. The van der Waals surface area contributed by atoms with E-state index in [1.807, 2.05) is 0 Å². The van der Waals surface area contributed by atoms with Gasteiger partial charge in [0.2, 0.25) is 11.8 Å². The Hall–Kier alpha value is -1.50. The summed E-state index contributed by atoms with van der Waals surface area (Å²) in [6, 6.07) is 1.55. The van der Waals surface area contributed by atoms with Crippen molar-refractivity contribution in [3.63, 3.8) is 0 Å². The lowest BCUT2D eigenvalue weighted by molar-refractivity contribution is -0.277. The number of halogens is 6. The molecule has 0 aromatic rings. The van der Waals surface area contributed by atoms with Crippen LogP contribution < -0.4 is 0 Å². The summed E-state index contributed by atoms with van der Waals surface area (Å²) >= 11 is 0. The monoisotopic (exact) mass is 306 g/mol. The number of rotatable bonds is 6. The molecule has 0 spiro atoms. The lowest BCUT2D eigenvalue weighted by Gasteiger charge is -2.29. The van der Waals surface area contributed by atoms with E-state index < -0.39 is 37.3 Å². The molecule has 0 aromatic carbocycles. The van der Waals surface area contributed by atoms with E-state index in [2.05, 4.69) is 4.74 Å². The highest BCUT2D eigenvalue weighted by atomic mass is 19.4. The van der Waals surface area contributed by atoms with E-state index in [4.69, 9.17) is 5.26 Å². The van der Waals surface area contributed by atoms with Crippen LogP contribution in [0.3, 0.4) is 0 Å². The van der Waals surface area contributed by atoms with Gasteiger partial charge in [0, 0.05) is 20.2 Å². The Morgan fingerprint density at radius 2 is 1.70 bits per heavy atom. The van der Waals surface area contributed by atoms with Crippen LogP contribution in [0.15, 0.2) is 0 Å². The van der Waals surface area contributed by atoms with Crippen LogP contribution in [-0.4, -0.2) is 50.0 Å². The van der Waals surface area contributed by atoms with Gasteiger partial charge in [-0.2, -0.15) is 31.6 Å². The van der Waals surface area contributed by atoms with Gasteiger partial charge in [0.15, 0.2) is 0 Å². The zero-order valence-electron chi connectivity index (χ0n) is 10.4. The molecule has 0 aromatic heterocycles. The number of nitriles is 1. The number of carbonyl (C=O) groups excluding carboxylic acids is 1. The molecule has 20 heavy (non-hydrogen) atoms. The van der Waals surface area contributed by atoms with Crippen molar-refractivity contribution in [3.8, 4) is 6.07 Å². The lowest BCUT2D eigenvalue weighted by Crippen LogP contribution is -2.50. The molecule has 0 aliphatic heterocycles. The van der Waals surface area contributed by atoms with E-state index in [0.29, 0.717) is 4.90 Å². The fourth-order valence-electron chi connectivity index (χ4n) is 1.37. The third kappa shape index (κ3) is 5.64. The molecule has 116 valence electrons. The summed E-state index contributed by atoms with van der Waals surface area (Å²) in [4.78, 5) is 11.8. The molecule has 0 fully saturated rings. The number of hydrogen-bond acceptors (Lipinski definition) is 3. The predicted octanol–water partition coefficient (Wildman–Crippen LogP) is 2.12. The van der Waals surface area contributed by atoms with Crippen molar-refractivity contribution in [1.82, 2.24) is 4.90 Å². The third-order valence-corrected chi connectivity index (χ3v) is 2.27. The van der Waals surface area contributed by atoms with Crippen LogP contribution in [0.5, 0.6) is 0 Å². The zero-order chi connectivity index (χ0) is 16.0. The molecule has 4 nitrogen and oxygen atoms in total. The second-order valence-corrected chi connectivity index (χ2v) is 3.74. The van der Waals surface area contributed by atoms with E-state index in [1.54, 1.807) is 6.07 Å². The summed E-state index contributed by atoms with van der Waals surface area (Å²) in [6.45, 7) is -1.22. The molecule has 0 radical (unpaired) electrons. The van der Waals surface area contributed by atoms with Gasteiger partial charge in [-0.05, 0) is 0 Å². The molecule has 0 saturated heterocycles. The van der Waals surface area contributed by atoms with Crippen LogP contribution in [0.25, 0.3) is 0 Å². The minimum Gasteiger partial charge on any atom is -0.383 e. The van der Waals surface area contributed by atoms with Crippen LogP contribution in [-0.2, 0) is 9.53 Å². The zero-order valence-corrected chi connectivity index (χ0v) is 10.4. The number of ether oxygens (including phenoxy) is 1. The Morgan fingerprint density at radius 1 is 1.20 bits per heavy atom. The fourth-order valence-corrected chi connectivity index (χ4v) is 1.37. The van der Waals surface area contributed by atoms with Gasteiger partial charge in [-0.3, -0.25) is 4.79 Å². The molecule has 0 aliphatic rings. The Kier molecular flexibility index (Phi) is 6.78. The highest BCUT2D eigenvalue weighted by Gasteiger charge is 2.61. The van der Waals surface area contributed by atoms with Crippen LogP contribution in [0.1, 0.15) is 6.42 Å². The van der Waals surface area contributed by atoms with E-state index in [0.717, 1.165) is 0 Å². The lowest BCUT2D eigenvalue weighted by atomic mass is 10.1. The van der Waals surface area contributed by atoms with Crippen LogP contribution in [0.2, 0.25) is 0 Å². The summed E-state index contributed by atoms with van der Waals surface area (Å²) in [5, 5.41) is 8.32. The molecular formula is C10H12F6N2O2. The van der Waals surface area contributed by atoms with Gasteiger partial charge in [-0.15, -0.1) is 0 Å². The second kappa shape index (κ2) is 7.33. The highest BCUT2D eigenvalue weighted by Crippen LogP contribution is 2.40. The topological polar surface area (TPSA) is 53.3 Å². The SMILES string of the molecule is COCCN(CCC#N)C(=O)C(C(F)(F)F)C(F)(F)F. The van der Waals surface area contributed by atoms with Crippen molar-refractivity contribution >= 4 is 5.91 Å². The van der Waals surface area contributed by atoms with Gasteiger partial charge in [0.1, 0.15) is 0 Å². The minimum absolute atomic E-state index is 0.237. The maximum Gasteiger partial charge on any atom is 0.409 e. The minimum atomic E-state index is -5.74.